The Bertz CT molecular complexity index is 832. The smallest absolute Gasteiger partial charge is 0.298 e. The first-order chi connectivity index (χ1) is 13.7. The van der Waals surface area contributed by atoms with Gasteiger partial charge in [-0.05, 0) is 38.2 Å². The Morgan fingerprint density at radius 3 is 2.71 bits per heavy atom. The molecule has 0 fully saturated rings. The summed E-state index contributed by atoms with van der Waals surface area (Å²) < 4.78 is 17.4. The van der Waals surface area contributed by atoms with E-state index in [-0.39, 0.29) is 11.7 Å². The Labute approximate surface area is 169 Å². The second-order valence-electron chi connectivity index (χ2n) is 6.24. The number of benzene rings is 1. The molecule has 1 aromatic carbocycles. The fourth-order valence-electron chi connectivity index (χ4n) is 2.94. The standard InChI is InChI=1S/C20H27N3O4S/c1-4-22(5-2)9-10-23(19(24)17-14-25-11-12-27-17)20-21-16-8-7-15(26-6-3)13-18(16)28-20/h7-8,13-14H,4-6,9-12H2,1-3H3. The minimum atomic E-state index is -0.226. The van der Waals surface area contributed by atoms with Gasteiger partial charge < -0.3 is 19.1 Å². The molecule has 2 aromatic rings. The molecule has 0 aliphatic carbocycles. The van der Waals surface area contributed by atoms with Gasteiger partial charge in [0.05, 0.1) is 16.8 Å². The highest BCUT2D eigenvalue weighted by Crippen LogP contribution is 2.32. The number of likely N-dealkylation sites (N-methyl/N-ethyl adjacent to an activating group) is 1. The van der Waals surface area contributed by atoms with Crippen molar-refractivity contribution in [2.45, 2.75) is 20.8 Å². The van der Waals surface area contributed by atoms with Gasteiger partial charge in [0.15, 0.2) is 5.13 Å². The second-order valence-corrected chi connectivity index (χ2v) is 7.25. The number of nitrogens with zero attached hydrogens (tertiary/aromatic N) is 3. The van der Waals surface area contributed by atoms with Crippen LogP contribution in [0.3, 0.4) is 0 Å². The van der Waals surface area contributed by atoms with Gasteiger partial charge >= 0.3 is 0 Å². The maximum absolute atomic E-state index is 13.1. The molecule has 8 heteroatoms. The average Bonchev–Trinajstić information content (AvgIpc) is 3.15. The summed E-state index contributed by atoms with van der Waals surface area (Å²) in [6.45, 7) is 10.8. The van der Waals surface area contributed by atoms with E-state index < -0.39 is 0 Å². The summed E-state index contributed by atoms with van der Waals surface area (Å²) in [7, 11) is 0. The summed E-state index contributed by atoms with van der Waals surface area (Å²) in [4.78, 5) is 21.8. The van der Waals surface area contributed by atoms with E-state index in [0.29, 0.717) is 31.5 Å². The molecule has 1 amide bonds. The summed E-state index contributed by atoms with van der Waals surface area (Å²) in [6, 6.07) is 5.79. The fourth-order valence-corrected chi connectivity index (χ4v) is 3.96. The van der Waals surface area contributed by atoms with E-state index >= 15 is 0 Å². The molecule has 0 saturated heterocycles. The predicted octanol–water partition coefficient (Wildman–Crippen LogP) is 3.26. The van der Waals surface area contributed by atoms with Crippen LogP contribution in [0, 0.1) is 0 Å². The van der Waals surface area contributed by atoms with E-state index in [9.17, 15) is 4.79 Å². The highest BCUT2D eigenvalue weighted by Gasteiger charge is 2.26. The molecule has 1 aromatic heterocycles. The first-order valence-electron chi connectivity index (χ1n) is 9.68. The molecule has 0 saturated carbocycles. The monoisotopic (exact) mass is 405 g/mol. The van der Waals surface area contributed by atoms with Crippen molar-refractivity contribution in [1.29, 1.82) is 0 Å². The van der Waals surface area contributed by atoms with Gasteiger partial charge in [-0.15, -0.1) is 0 Å². The minimum absolute atomic E-state index is 0.222. The number of carbonyl (C=O) groups is 1. The number of ether oxygens (including phenoxy) is 3. The lowest BCUT2D eigenvalue weighted by Crippen LogP contribution is -2.40. The van der Waals surface area contributed by atoms with Crippen LogP contribution in [0.1, 0.15) is 20.8 Å². The number of rotatable bonds is 9. The Hall–Kier alpha value is -2.32. The van der Waals surface area contributed by atoms with Gasteiger partial charge in [-0.2, -0.15) is 0 Å². The van der Waals surface area contributed by atoms with Crippen LogP contribution >= 0.6 is 11.3 Å². The van der Waals surface area contributed by atoms with Crippen LogP contribution in [-0.4, -0.2) is 61.8 Å². The Morgan fingerprint density at radius 2 is 2.04 bits per heavy atom. The van der Waals surface area contributed by atoms with Crippen molar-refractivity contribution in [3.63, 3.8) is 0 Å². The predicted molar refractivity (Wildman–Crippen MR) is 111 cm³/mol. The molecule has 0 N–H and O–H groups in total. The summed E-state index contributed by atoms with van der Waals surface area (Å²) in [6.07, 6.45) is 1.40. The van der Waals surface area contributed by atoms with Gasteiger partial charge in [-0.1, -0.05) is 25.2 Å². The van der Waals surface area contributed by atoms with E-state index in [1.54, 1.807) is 4.90 Å². The number of aromatic nitrogens is 1. The molecule has 152 valence electrons. The Balaban J connectivity index is 1.89. The van der Waals surface area contributed by atoms with Gasteiger partial charge in [0.25, 0.3) is 5.91 Å². The highest BCUT2D eigenvalue weighted by molar-refractivity contribution is 7.22. The number of anilines is 1. The first-order valence-corrected chi connectivity index (χ1v) is 10.5. The van der Waals surface area contributed by atoms with E-state index in [1.807, 2.05) is 25.1 Å². The van der Waals surface area contributed by atoms with Crippen LogP contribution in [0.25, 0.3) is 10.2 Å². The Morgan fingerprint density at radius 1 is 1.21 bits per heavy atom. The lowest BCUT2D eigenvalue weighted by atomic mass is 10.3. The van der Waals surface area contributed by atoms with Crippen molar-refractivity contribution < 1.29 is 19.0 Å². The van der Waals surface area contributed by atoms with Gasteiger partial charge in [0.1, 0.15) is 25.2 Å². The van der Waals surface area contributed by atoms with E-state index in [2.05, 4.69) is 23.7 Å². The lowest BCUT2D eigenvalue weighted by Gasteiger charge is -2.26. The van der Waals surface area contributed by atoms with Crippen LogP contribution in [0.15, 0.2) is 30.2 Å². The van der Waals surface area contributed by atoms with Crippen LogP contribution in [0.4, 0.5) is 5.13 Å². The SMILES string of the molecule is CCOc1ccc2nc(N(CCN(CC)CC)C(=O)C3=COCCO3)sc2c1. The molecule has 0 spiro atoms. The van der Waals surface area contributed by atoms with Crippen molar-refractivity contribution >= 4 is 32.6 Å². The molecule has 3 rings (SSSR count). The quantitative estimate of drug-likeness (QED) is 0.638. The lowest BCUT2D eigenvalue weighted by molar-refractivity contribution is -0.119. The maximum atomic E-state index is 13.1. The zero-order chi connectivity index (χ0) is 19.9. The van der Waals surface area contributed by atoms with Gasteiger partial charge in [0.2, 0.25) is 5.76 Å². The van der Waals surface area contributed by atoms with Crippen LogP contribution < -0.4 is 9.64 Å². The largest absolute Gasteiger partial charge is 0.494 e. The summed E-state index contributed by atoms with van der Waals surface area (Å²) >= 11 is 1.48. The summed E-state index contributed by atoms with van der Waals surface area (Å²) in [5.74, 6) is 0.800. The number of hydrogen-bond acceptors (Lipinski definition) is 7. The molecule has 1 aliphatic rings. The molecule has 0 unspecified atom stereocenters. The molecule has 0 atom stereocenters. The topological polar surface area (TPSA) is 64.1 Å². The molecule has 1 aliphatic heterocycles. The van der Waals surface area contributed by atoms with Crippen molar-refractivity contribution in [3.05, 3.63) is 30.2 Å². The zero-order valence-electron chi connectivity index (χ0n) is 16.6. The van der Waals surface area contributed by atoms with Gasteiger partial charge in [-0.3, -0.25) is 9.69 Å². The maximum Gasteiger partial charge on any atom is 0.298 e. The average molecular weight is 406 g/mol. The molecule has 7 nitrogen and oxygen atoms in total. The Kier molecular flexibility index (Phi) is 7.11. The third-order valence-electron chi connectivity index (χ3n) is 4.53. The fraction of sp³-hybridized carbons (Fsp3) is 0.500. The number of thiazole rings is 1. The van der Waals surface area contributed by atoms with Crippen molar-refractivity contribution in [3.8, 4) is 5.75 Å². The normalized spacial score (nSPS) is 13.8. The third kappa shape index (κ3) is 4.74. The molecular formula is C20H27N3O4S. The van der Waals surface area contributed by atoms with E-state index in [4.69, 9.17) is 14.2 Å². The van der Waals surface area contributed by atoms with Gasteiger partial charge in [0, 0.05) is 13.1 Å². The van der Waals surface area contributed by atoms with Crippen molar-refractivity contribution in [2.75, 3.05) is 50.9 Å². The highest BCUT2D eigenvalue weighted by atomic mass is 32.1. The minimum Gasteiger partial charge on any atom is -0.494 e. The summed E-state index contributed by atoms with van der Waals surface area (Å²) in [5.41, 5.74) is 0.846. The van der Waals surface area contributed by atoms with Crippen LogP contribution in [-0.2, 0) is 14.3 Å². The first kappa shape index (κ1) is 20.4. The summed E-state index contributed by atoms with van der Waals surface area (Å²) in [5, 5.41) is 0.649. The number of amides is 1. The molecular weight excluding hydrogens is 378 g/mol. The van der Waals surface area contributed by atoms with Crippen molar-refractivity contribution in [1.82, 2.24) is 9.88 Å². The van der Waals surface area contributed by atoms with Crippen LogP contribution in [0.5, 0.6) is 5.75 Å². The van der Waals surface area contributed by atoms with Crippen molar-refractivity contribution in [2.24, 2.45) is 0 Å². The molecule has 28 heavy (non-hydrogen) atoms. The number of carbonyl (C=O) groups excluding carboxylic acids is 1. The zero-order valence-corrected chi connectivity index (χ0v) is 17.5. The van der Waals surface area contributed by atoms with E-state index in [1.165, 1.54) is 17.6 Å². The van der Waals surface area contributed by atoms with Crippen LogP contribution in [0.2, 0.25) is 0 Å². The molecule has 0 bridgehead atoms. The third-order valence-corrected chi connectivity index (χ3v) is 5.57. The molecule has 0 radical (unpaired) electrons. The number of fused-ring (bicyclic) bond motifs is 1. The number of hydrogen-bond donors (Lipinski definition) is 0. The second kappa shape index (κ2) is 9.75. The molecule has 2 heterocycles. The van der Waals surface area contributed by atoms with E-state index in [0.717, 1.165) is 35.6 Å². The van der Waals surface area contributed by atoms with Gasteiger partial charge in [-0.25, -0.2) is 4.98 Å².